The van der Waals surface area contributed by atoms with E-state index in [-0.39, 0.29) is 0 Å². The molecule has 3 heteroatoms. The quantitative estimate of drug-likeness (QED) is 0.800. The van der Waals surface area contributed by atoms with E-state index in [1.54, 1.807) is 0 Å². The van der Waals surface area contributed by atoms with Crippen molar-refractivity contribution in [3.8, 4) is 0 Å². The van der Waals surface area contributed by atoms with Gasteiger partial charge in [0.1, 0.15) is 0 Å². The van der Waals surface area contributed by atoms with Gasteiger partial charge in [0.15, 0.2) is 11.0 Å². The third-order valence-electron chi connectivity index (χ3n) is 2.36. The Hall–Kier alpha value is -1.35. The van der Waals surface area contributed by atoms with Gasteiger partial charge in [-0.3, -0.25) is 0 Å². The summed E-state index contributed by atoms with van der Waals surface area (Å²) in [6, 6.07) is 5.96. The van der Waals surface area contributed by atoms with Gasteiger partial charge >= 0.3 is 0 Å². The van der Waals surface area contributed by atoms with Gasteiger partial charge in [-0.25, -0.2) is 4.21 Å². The molecule has 0 amide bonds. The normalized spacial score (nSPS) is 19.8. The number of hydrogen-bond acceptors (Lipinski definition) is 1. The van der Waals surface area contributed by atoms with Crippen LogP contribution in [0.4, 0.5) is 5.69 Å². The second-order valence-electron chi connectivity index (χ2n) is 3.42. The molecule has 1 N–H and O–H groups in total. The highest BCUT2D eigenvalue weighted by Gasteiger charge is 2.23. The zero-order valence-corrected chi connectivity index (χ0v) is 11.6. The lowest BCUT2D eigenvalue weighted by molar-refractivity contribution is 0.692. The molecule has 0 saturated carbocycles. The van der Waals surface area contributed by atoms with Crippen molar-refractivity contribution in [2.24, 2.45) is 0 Å². The Balaban J connectivity index is 0.000000686. The summed E-state index contributed by atoms with van der Waals surface area (Å²) in [5.41, 5.74) is 3.19. The molecule has 1 unspecified atom stereocenters. The second kappa shape index (κ2) is 6.40. The van der Waals surface area contributed by atoms with Gasteiger partial charge in [0.05, 0.1) is 10.6 Å². The number of anilines is 1. The van der Waals surface area contributed by atoms with Crippen molar-refractivity contribution in [2.45, 2.75) is 27.7 Å². The zero-order valence-electron chi connectivity index (χ0n) is 10.8. The van der Waals surface area contributed by atoms with Crippen LogP contribution in [-0.2, 0) is 11.0 Å². The first-order valence-electron chi connectivity index (χ1n) is 5.85. The minimum atomic E-state index is -1.11. The average Bonchev–Trinajstić information content (AvgIpc) is 2.66. The molecule has 1 aromatic rings. The summed E-state index contributed by atoms with van der Waals surface area (Å²) in [7, 11) is -1.11. The molecular weight excluding hydrogens is 230 g/mol. The van der Waals surface area contributed by atoms with Crippen LogP contribution in [0.2, 0.25) is 0 Å². The maximum Gasteiger partial charge on any atom is 0.151 e. The van der Waals surface area contributed by atoms with Crippen molar-refractivity contribution in [1.82, 2.24) is 0 Å². The van der Waals surface area contributed by atoms with Gasteiger partial charge in [-0.2, -0.15) is 0 Å². The van der Waals surface area contributed by atoms with Gasteiger partial charge in [0.25, 0.3) is 0 Å². The molecule has 0 fully saturated rings. The van der Waals surface area contributed by atoms with E-state index in [1.165, 1.54) is 0 Å². The largest absolute Gasteiger partial charge is 0.300 e. The van der Waals surface area contributed by atoms with Crippen molar-refractivity contribution in [3.05, 3.63) is 47.6 Å². The number of fused-ring (bicyclic) bond motifs is 1. The van der Waals surface area contributed by atoms with Crippen LogP contribution in [0.25, 0.3) is 4.91 Å². The van der Waals surface area contributed by atoms with Crippen LogP contribution in [0.1, 0.15) is 31.9 Å². The third kappa shape index (κ3) is 2.86. The minimum absolute atomic E-state index is 0.862. The van der Waals surface area contributed by atoms with Crippen LogP contribution >= 0.6 is 0 Å². The Morgan fingerprint density at radius 3 is 2.65 bits per heavy atom. The first-order valence-corrected chi connectivity index (χ1v) is 7.00. The van der Waals surface area contributed by atoms with Crippen molar-refractivity contribution in [3.63, 3.8) is 0 Å². The van der Waals surface area contributed by atoms with E-state index < -0.39 is 11.0 Å². The lowest BCUT2D eigenvalue weighted by Gasteiger charge is -2.00. The summed E-state index contributed by atoms with van der Waals surface area (Å²) in [6.45, 7) is 7.98. The Bertz CT molecular complexity index is 475. The fourth-order valence-electron chi connectivity index (χ4n) is 1.66. The predicted octanol–water partition coefficient (Wildman–Crippen LogP) is 4.03. The summed E-state index contributed by atoms with van der Waals surface area (Å²) in [5.74, 6) is 0. The standard InChI is InChI=1S/C12H13NOS.C2H6/c1-3-4-8-11-12-9(2)6-5-7-10(12)13-15(11)14;1-2/h3-8,13H,1-2H3;1-2H3/b4-3-,11-8+;. The molecule has 0 aromatic heterocycles. The van der Waals surface area contributed by atoms with Crippen molar-refractivity contribution in [2.75, 3.05) is 4.72 Å². The van der Waals surface area contributed by atoms with Crippen LogP contribution in [-0.4, -0.2) is 4.21 Å². The van der Waals surface area contributed by atoms with E-state index in [9.17, 15) is 4.21 Å². The Morgan fingerprint density at radius 2 is 2.00 bits per heavy atom. The van der Waals surface area contributed by atoms with Crippen LogP contribution in [0.3, 0.4) is 0 Å². The van der Waals surface area contributed by atoms with E-state index in [2.05, 4.69) is 4.72 Å². The molecule has 2 nitrogen and oxygen atoms in total. The summed E-state index contributed by atoms with van der Waals surface area (Å²) < 4.78 is 14.8. The molecule has 2 rings (SSSR count). The third-order valence-corrected chi connectivity index (χ3v) is 3.51. The molecule has 0 radical (unpaired) electrons. The molecule has 92 valence electrons. The van der Waals surface area contributed by atoms with Gasteiger partial charge in [-0.1, -0.05) is 38.1 Å². The monoisotopic (exact) mass is 249 g/mol. The Morgan fingerprint density at radius 1 is 1.29 bits per heavy atom. The van der Waals surface area contributed by atoms with E-state index in [4.69, 9.17) is 0 Å². The van der Waals surface area contributed by atoms with Crippen LogP contribution in [0.15, 0.2) is 36.4 Å². The summed E-state index contributed by atoms with van der Waals surface area (Å²) in [6.07, 6.45) is 5.75. The number of allylic oxidation sites excluding steroid dienone is 3. The highest BCUT2D eigenvalue weighted by atomic mass is 32.2. The Kier molecular flexibility index (Phi) is 5.16. The first kappa shape index (κ1) is 13.7. The van der Waals surface area contributed by atoms with Crippen molar-refractivity contribution >= 4 is 21.6 Å². The molecule has 0 saturated heterocycles. The van der Waals surface area contributed by atoms with Crippen LogP contribution in [0.5, 0.6) is 0 Å². The highest BCUT2D eigenvalue weighted by molar-refractivity contribution is 7.96. The molecule has 0 spiro atoms. The lowest BCUT2D eigenvalue weighted by atomic mass is 10.1. The summed E-state index contributed by atoms with van der Waals surface area (Å²) in [5, 5.41) is 0. The molecule has 0 aliphatic carbocycles. The van der Waals surface area contributed by atoms with E-state index >= 15 is 0 Å². The molecular formula is C14H19NOS. The number of rotatable bonds is 1. The lowest BCUT2D eigenvalue weighted by Crippen LogP contribution is -1.94. The fourth-order valence-corrected chi connectivity index (χ4v) is 2.79. The first-order chi connectivity index (χ1) is 8.24. The van der Waals surface area contributed by atoms with Crippen molar-refractivity contribution in [1.29, 1.82) is 0 Å². The maximum atomic E-state index is 11.8. The number of benzene rings is 1. The average molecular weight is 249 g/mol. The molecule has 1 atom stereocenters. The smallest absolute Gasteiger partial charge is 0.151 e. The number of hydrogen-bond donors (Lipinski definition) is 1. The zero-order chi connectivity index (χ0) is 12.8. The SMILES string of the molecule is C/C=C\C=C1/c2c(C)cccc2NS1=O.CC. The minimum Gasteiger partial charge on any atom is -0.300 e. The van der Waals surface area contributed by atoms with Crippen LogP contribution in [0, 0.1) is 6.92 Å². The summed E-state index contributed by atoms with van der Waals surface area (Å²) in [4.78, 5) is 0.862. The van der Waals surface area contributed by atoms with E-state index in [0.29, 0.717) is 0 Å². The molecule has 0 bridgehead atoms. The summed E-state index contributed by atoms with van der Waals surface area (Å²) >= 11 is 0. The van der Waals surface area contributed by atoms with Crippen molar-refractivity contribution < 1.29 is 4.21 Å². The molecule has 17 heavy (non-hydrogen) atoms. The molecule has 1 aliphatic rings. The Labute approximate surface area is 106 Å². The maximum absolute atomic E-state index is 11.8. The van der Waals surface area contributed by atoms with Gasteiger partial charge in [-0.15, -0.1) is 0 Å². The topological polar surface area (TPSA) is 29.1 Å². The molecule has 1 aliphatic heterocycles. The van der Waals surface area contributed by atoms with E-state index in [0.717, 1.165) is 21.7 Å². The van der Waals surface area contributed by atoms with Gasteiger partial charge < -0.3 is 4.72 Å². The number of aryl methyl sites for hydroxylation is 1. The van der Waals surface area contributed by atoms with E-state index in [1.807, 2.05) is 64.1 Å². The van der Waals surface area contributed by atoms with Gasteiger partial charge in [0, 0.05) is 5.56 Å². The molecule has 1 heterocycles. The van der Waals surface area contributed by atoms with Gasteiger partial charge in [-0.05, 0) is 31.6 Å². The van der Waals surface area contributed by atoms with Gasteiger partial charge in [0.2, 0.25) is 0 Å². The highest BCUT2D eigenvalue weighted by Crippen LogP contribution is 2.36. The fraction of sp³-hybridized carbons (Fsp3) is 0.286. The predicted molar refractivity (Wildman–Crippen MR) is 77.1 cm³/mol. The molecule has 1 aromatic carbocycles. The number of nitrogens with one attached hydrogen (secondary N) is 1. The van der Waals surface area contributed by atoms with Crippen LogP contribution < -0.4 is 4.72 Å². The second-order valence-corrected chi connectivity index (χ2v) is 4.61.